The third kappa shape index (κ3) is 4.76. The van der Waals surface area contributed by atoms with Crippen LogP contribution in [0.1, 0.15) is 34.3 Å². The zero-order valence-electron chi connectivity index (χ0n) is 17.1. The molecule has 0 aromatic heterocycles. The van der Waals surface area contributed by atoms with Crippen LogP contribution in [-0.4, -0.2) is 47.8 Å². The Balaban J connectivity index is 1.28. The largest absolute Gasteiger partial charge is 0.416 e. The molecule has 0 aliphatic carbocycles. The minimum absolute atomic E-state index is 0.0397. The zero-order valence-corrected chi connectivity index (χ0v) is 17.8. The Labute approximate surface area is 188 Å². The van der Waals surface area contributed by atoms with Gasteiger partial charge < -0.3 is 9.80 Å². The van der Waals surface area contributed by atoms with Crippen molar-refractivity contribution in [2.45, 2.75) is 19.0 Å². The van der Waals surface area contributed by atoms with Crippen LogP contribution in [0.15, 0.2) is 48.5 Å². The molecule has 2 amide bonds. The van der Waals surface area contributed by atoms with Gasteiger partial charge in [0.25, 0.3) is 11.8 Å². The number of hydrogen-bond acceptors (Lipinski definition) is 2. The highest BCUT2D eigenvalue weighted by molar-refractivity contribution is 6.30. The first-order valence-corrected chi connectivity index (χ1v) is 10.6. The quantitative estimate of drug-likeness (QED) is 0.589. The lowest BCUT2D eigenvalue weighted by molar-refractivity contribution is -0.137. The molecule has 0 unspecified atom stereocenters. The maximum absolute atomic E-state index is 12.7. The van der Waals surface area contributed by atoms with Crippen LogP contribution in [0.2, 0.25) is 5.02 Å². The fourth-order valence-corrected chi connectivity index (χ4v) is 4.26. The molecule has 0 N–H and O–H groups in total. The third-order valence-electron chi connectivity index (χ3n) is 6.07. The fraction of sp³-hybridized carbons (Fsp3) is 0.333. The number of amides is 2. The standard InChI is InChI=1S/C24H20ClF3N2O2/c25-20-8-1-17(2-9-20)3-10-21(31)29-13-11-23(12-14-29)15-30(16-23)22(32)18-4-6-19(7-5-18)24(26,27)28/h1-2,4-9H,11-16H2. The summed E-state index contributed by atoms with van der Waals surface area (Å²) >= 11 is 5.84. The molecule has 32 heavy (non-hydrogen) atoms. The summed E-state index contributed by atoms with van der Waals surface area (Å²) in [6.45, 7) is 2.23. The van der Waals surface area contributed by atoms with Gasteiger partial charge in [-0.3, -0.25) is 9.59 Å². The van der Waals surface area contributed by atoms with Crippen LogP contribution in [0.4, 0.5) is 13.2 Å². The highest BCUT2D eigenvalue weighted by Gasteiger charge is 2.47. The van der Waals surface area contributed by atoms with Gasteiger partial charge >= 0.3 is 6.18 Å². The summed E-state index contributed by atoms with van der Waals surface area (Å²) in [6, 6.07) is 11.2. The van der Waals surface area contributed by atoms with Gasteiger partial charge in [-0.05, 0) is 61.4 Å². The number of carbonyl (C=O) groups excluding carboxylic acids is 2. The van der Waals surface area contributed by atoms with E-state index in [1.807, 2.05) is 0 Å². The van der Waals surface area contributed by atoms with Crippen molar-refractivity contribution >= 4 is 23.4 Å². The van der Waals surface area contributed by atoms with Gasteiger partial charge in [0.2, 0.25) is 0 Å². The van der Waals surface area contributed by atoms with E-state index in [9.17, 15) is 22.8 Å². The molecular formula is C24H20ClF3N2O2. The molecule has 4 rings (SSSR count). The Morgan fingerprint density at radius 2 is 1.50 bits per heavy atom. The van der Waals surface area contributed by atoms with Crippen LogP contribution in [0, 0.1) is 17.3 Å². The van der Waals surface area contributed by atoms with E-state index >= 15 is 0 Å². The average Bonchev–Trinajstić information content (AvgIpc) is 2.76. The minimum atomic E-state index is -4.42. The molecular weight excluding hydrogens is 441 g/mol. The second-order valence-corrected chi connectivity index (χ2v) is 8.72. The van der Waals surface area contributed by atoms with E-state index in [1.54, 1.807) is 34.1 Å². The maximum Gasteiger partial charge on any atom is 0.416 e. The van der Waals surface area contributed by atoms with Gasteiger partial charge in [-0.1, -0.05) is 17.5 Å². The Kier molecular flexibility index (Phi) is 5.91. The van der Waals surface area contributed by atoms with Gasteiger partial charge in [-0.2, -0.15) is 13.2 Å². The van der Waals surface area contributed by atoms with Crippen LogP contribution in [0.25, 0.3) is 0 Å². The molecule has 2 fully saturated rings. The van der Waals surface area contributed by atoms with Crippen molar-refractivity contribution in [1.29, 1.82) is 0 Å². The number of piperidine rings is 1. The summed E-state index contributed by atoms with van der Waals surface area (Å²) in [5, 5.41) is 0.606. The Bertz CT molecular complexity index is 1070. The van der Waals surface area contributed by atoms with Crippen LogP contribution >= 0.6 is 11.6 Å². The molecule has 0 radical (unpaired) electrons. The van der Waals surface area contributed by atoms with Crippen molar-refractivity contribution in [2.24, 2.45) is 5.41 Å². The van der Waals surface area contributed by atoms with Crippen molar-refractivity contribution in [2.75, 3.05) is 26.2 Å². The lowest BCUT2D eigenvalue weighted by Gasteiger charge is -2.53. The topological polar surface area (TPSA) is 40.6 Å². The van der Waals surface area contributed by atoms with Gasteiger partial charge in [0.1, 0.15) is 0 Å². The van der Waals surface area contributed by atoms with Gasteiger partial charge in [-0.15, -0.1) is 0 Å². The predicted octanol–water partition coefficient (Wildman–Crippen LogP) is 4.48. The molecule has 0 atom stereocenters. The van der Waals surface area contributed by atoms with E-state index in [2.05, 4.69) is 11.8 Å². The second-order valence-electron chi connectivity index (χ2n) is 8.29. The van der Waals surface area contributed by atoms with Crippen molar-refractivity contribution < 1.29 is 22.8 Å². The lowest BCUT2D eigenvalue weighted by atomic mass is 9.71. The first kappa shape index (κ1) is 22.2. The number of likely N-dealkylation sites (tertiary alicyclic amines) is 2. The maximum atomic E-state index is 12.7. The molecule has 2 saturated heterocycles. The van der Waals surface area contributed by atoms with E-state index in [-0.39, 0.29) is 22.8 Å². The second kappa shape index (κ2) is 8.51. The van der Waals surface area contributed by atoms with Gasteiger partial charge in [0.15, 0.2) is 0 Å². The highest BCUT2D eigenvalue weighted by Crippen LogP contribution is 2.41. The third-order valence-corrected chi connectivity index (χ3v) is 6.32. The minimum Gasteiger partial charge on any atom is -0.337 e. The summed E-state index contributed by atoms with van der Waals surface area (Å²) < 4.78 is 38.1. The number of halogens is 4. The summed E-state index contributed by atoms with van der Waals surface area (Å²) in [7, 11) is 0. The summed E-state index contributed by atoms with van der Waals surface area (Å²) in [5.74, 6) is 5.02. The fourth-order valence-electron chi connectivity index (χ4n) is 4.13. The smallest absolute Gasteiger partial charge is 0.337 e. The van der Waals surface area contributed by atoms with E-state index < -0.39 is 11.7 Å². The number of carbonyl (C=O) groups is 2. The normalized spacial score (nSPS) is 17.4. The van der Waals surface area contributed by atoms with Gasteiger partial charge in [-0.25, -0.2) is 0 Å². The van der Waals surface area contributed by atoms with Crippen LogP contribution in [-0.2, 0) is 11.0 Å². The number of benzene rings is 2. The molecule has 2 aromatic rings. The van der Waals surface area contributed by atoms with Gasteiger partial charge in [0.05, 0.1) is 5.56 Å². The van der Waals surface area contributed by atoms with E-state index in [0.717, 1.165) is 25.0 Å². The van der Waals surface area contributed by atoms with E-state index in [1.165, 1.54) is 12.1 Å². The molecule has 1 spiro atoms. The summed E-state index contributed by atoms with van der Waals surface area (Å²) in [4.78, 5) is 28.3. The monoisotopic (exact) mass is 460 g/mol. The Morgan fingerprint density at radius 1 is 0.906 bits per heavy atom. The molecule has 2 heterocycles. The summed E-state index contributed by atoms with van der Waals surface area (Å²) in [5.41, 5.74) is 0.151. The number of nitrogens with zero attached hydrogens (tertiary/aromatic N) is 2. The molecule has 0 bridgehead atoms. The first-order valence-electron chi connectivity index (χ1n) is 10.2. The molecule has 2 aromatic carbocycles. The van der Waals surface area contributed by atoms with Crippen LogP contribution in [0.3, 0.4) is 0 Å². The molecule has 0 saturated carbocycles. The molecule has 4 nitrogen and oxygen atoms in total. The summed E-state index contributed by atoms with van der Waals surface area (Å²) in [6.07, 6.45) is -2.90. The Hall–Kier alpha value is -2.98. The Morgan fingerprint density at radius 3 is 2.06 bits per heavy atom. The average molecular weight is 461 g/mol. The van der Waals surface area contributed by atoms with Crippen molar-refractivity contribution in [1.82, 2.24) is 9.80 Å². The van der Waals surface area contributed by atoms with E-state index in [4.69, 9.17) is 11.6 Å². The molecule has 8 heteroatoms. The van der Waals surface area contributed by atoms with Crippen LogP contribution < -0.4 is 0 Å². The van der Waals surface area contributed by atoms with E-state index in [0.29, 0.717) is 36.8 Å². The predicted molar refractivity (Wildman–Crippen MR) is 114 cm³/mol. The molecule has 2 aliphatic rings. The number of rotatable bonds is 1. The van der Waals surface area contributed by atoms with Gasteiger partial charge in [0, 0.05) is 53.7 Å². The van der Waals surface area contributed by atoms with Crippen molar-refractivity contribution in [3.05, 3.63) is 70.2 Å². The molecule has 166 valence electrons. The molecule has 2 aliphatic heterocycles. The first-order chi connectivity index (χ1) is 15.2. The SMILES string of the molecule is O=C(C#Cc1ccc(Cl)cc1)N1CCC2(CC1)CN(C(=O)c1ccc(C(F)(F)F)cc1)C2. The highest BCUT2D eigenvalue weighted by atomic mass is 35.5. The number of alkyl halides is 3. The van der Waals surface area contributed by atoms with Crippen molar-refractivity contribution in [3.8, 4) is 11.8 Å². The number of hydrogen-bond donors (Lipinski definition) is 0. The van der Waals surface area contributed by atoms with Crippen LogP contribution in [0.5, 0.6) is 0 Å². The zero-order chi connectivity index (χ0) is 22.9. The lowest BCUT2D eigenvalue weighted by Crippen LogP contribution is -2.62. The van der Waals surface area contributed by atoms with Crippen molar-refractivity contribution in [3.63, 3.8) is 0 Å².